The van der Waals surface area contributed by atoms with E-state index < -0.39 is 0 Å². The number of hydrogen-bond donors (Lipinski definition) is 0. The van der Waals surface area contributed by atoms with Crippen molar-refractivity contribution in [3.63, 3.8) is 0 Å². The first-order valence-electron chi connectivity index (χ1n) is 31.2. The van der Waals surface area contributed by atoms with Crippen molar-refractivity contribution < 1.29 is 8.78 Å². The summed E-state index contributed by atoms with van der Waals surface area (Å²) in [5, 5.41) is 5.97. The van der Waals surface area contributed by atoms with Crippen LogP contribution >= 0.6 is 0 Å². The van der Waals surface area contributed by atoms with E-state index in [1.54, 1.807) is 12.1 Å². The largest absolute Gasteiger partial charge is 0.307 e. The third-order valence-electron chi connectivity index (χ3n) is 17.9. The molecule has 16 rings (SSSR count). The number of rotatable bonds is 14. The van der Waals surface area contributed by atoms with E-state index in [2.05, 4.69) is 228 Å². The van der Waals surface area contributed by atoms with Gasteiger partial charge in [0.05, 0.1) is 22.7 Å². The summed E-state index contributed by atoms with van der Waals surface area (Å²) in [4.78, 5) is 4.15. The van der Waals surface area contributed by atoms with Crippen LogP contribution in [0.1, 0.15) is 0 Å². The number of para-hydroxylation sites is 2. The Balaban J connectivity index is 0.892. The van der Waals surface area contributed by atoms with Crippen molar-refractivity contribution in [2.75, 3.05) is 9.80 Å². The maximum absolute atomic E-state index is 18.3. The van der Waals surface area contributed by atoms with Gasteiger partial charge >= 0.3 is 0 Å². The molecule has 0 bridgehead atoms. The predicted octanol–water partition coefficient (Wildman–Crippen LogP) is 25.1. The molecule has 0 aliphatic rings. The van der Waals surface area contributed by atoms with Gasteiger partial charge < -0.3 is 9.80 Å². The highest BCUT2D eigenvalue weighted by atomic mass is 19.1. The van der Waals surface area contributed by atoms with Gasteiger partial charge in [-0.3, -0.25) is 0 Å². The van der Waals surface area contributed by atoms with Crippen LogP contribution in [0.4, 0.5) is 42.9 Å². The summed E-state index contributed by atoms with van der Waals surface area (Å²) in [6, 6.07) is 120. The van der Waals surface area contributed by atoms with Gasteiger partial charge in [-0.2, -0.15) is 0 Å². The summed E-state index contributed by atoms with van der Waals surface area (Å²) in [6.07, 6.45) is 0. The van der Waals surface area contributed by atoms with Gasteiger partial charge in [0.1, 0.15) is 11.6 Å². The summed E-state index contributed by atoms with van der Waals surface area (Å²) < 4.78 is 36.6. The van der Waals surface area contributed by atoms with E-state index >= 15 is 8.78 Å². The summed E-state index contributed by atoms with van der Waals surface area (Å²) in [7, 11) is 0. The topological polar surface area (TPSA) is 6.48 Å². The van der Waals surface area contributed by atoms with Crippen LogP contribution in [0.25, 0.3) is 121 Å². The van der Waals surface area contributed by atoms with Gasteiger partial charge in [0.25, 0.3) is 0 Å². The second-order valence-electron chi connectivity index (χ2n) is 23.4. The molecule has 0 saturated heterocycles. The van der Waals surface area contributed by atoms with Gasteiger partial charge in [-0.05, 0) is 195 Å². The van der Waals surface area contributed by atoms with Crippen molar-refractivity contribution in [2.24, 2.45) is 0 Å². The smallest absolute Gasteiger partial charge is 0.147 e. The molecular formula is C88H58F2N2. The fraction of sp³-hybridized carbons (Fsp3) is 0. The molecule has 16 aromatic rings. The van der Waals surface area contributed by atoms with E-state index in [0.717, 1.165) is 144 Å². The lowest BCUT2D eigenvalue weighted by Crippen LogP contribution is -2.13. The monoisotopic (exact) mass is 1180 g/mol. The second-order valence-corrected chi connectivity index (χ2v) is 23.4. The van der Waals surface area contributed by atoms with Crippen molar-refractivity contribution in [2.45, 2.75) is 0 Å². The Kier molecular flexibility index (Phi) is 14.3. The van der Waals surface area contributed by atoms with Crippen molar-refractivity contribution in [1.29, 1.82) is 0 Å². The van der Waals surface area contributed by atoms with Crippen LogP contribution in [0, 0.1) is 11.6 Å². The predicted molar refractivity (Wildman–Crippen MR) is 383 cm³/mol. The van der Waals surface area contributed by atoms with Gasteiger partial charge in [-0.15, -0.1) is 0 Å². The molecule has 0 fully saturated rings. The number of halogens is 2. The Labute approximate surface area is 534 Å². The van der Waals surface area contributed by atoms with E-state index in [-0.39, 0.29) is 11.6 Å². The Bertz CT molecular complexity index is 5010. The summed E-state index contributed by atoms with van der Waals surface area (Å²) in [5.74, 6) is -0.738. The third-order valence-corrected chi connectivity index (χ3v) is 17.9. The Hall–Kier alpha value is -12.0. The molecule has 0 aliphatic heterocycles. The van der Waals surface area contributed by atoms with Crippen molar-refractivity contribution in [1.82, 2.24) is 0 Å². The zero-order chi connectivity index (χ0) is 61.5. The van der Waals surface area contributed by atoms with E-state index in [1.165, 1.54) is 0 Å². The van der Waals surface area contributed by atoms with Gasteiger partial charge in [-0.1, -0.05) is 267 Å². The number of benzene rings is 16. The van der Waals surface area contributed by atoms with Gasteiger partial charge in [-0.25, -0.2) is 8.78 Å². The van der Waals surface area contributed by atoms with Gasteiger partial charge in [0, 0.05) is 22.1 Å². The van der Waals surface area contributed by atoms with Crippen molar-refractivity contribution in [3.8, 4) is 89.0 Å². The lowest BCUT2D eigenvalue weighted by molar-refractivity contribution is 0.629. The first kappa shape index (κ1) is 55.3. The molecule has 0 unspecified atom stereocenters. The molecule has 0 aromatic heterocycles. The van der Waals surface area contributed by atoms with E-state index in [1.807, 2.05) is 121 Å². The van der Waals surface area contributed by atoms with E-state index in [4.69, 9.17) is 0 Å². The quantitative estimate of drug-likeness (QED) is 0.100. The maximum Gasteiger partial charge on any atom is 0.147 e. The second kappa shape index (κ2) is 23.8. The Morgan fingerprint density at radius 2 is 0.435 bits per heavy atom. The highest BCUT2D eigenvalue weighted by Crippen LogP contribution is 2.51. The van der Waals surface area contributed by atoms with Crippen LogP contribution in [0.3, 0.4) is 0 Å². The SMILES string of the molecule is Fc1cc(-c2cccc(-c3ccccc3)c2)c(-c2cccc(-c3ccccc3)c2)cc1N(c1ccccc1)c1ccc2ccc3c(N(c4ccccc4)c4cc(-c5cccc(-c6ccccc6)c5)c(-c5cccc(-c6ccccc6)c5)cc4F)ccc4ccc1c2c43. The first-order chi connectivity index (χ1) is 45.5. The first-order valence-corrected chi connectivity index (χ1v) is 31.2. The molecule has 16 aromatic carbocycles. The molecule has 92 heavy (non-hydrogen) atoms. The summed E-state index contributed by atoms with van der Waals surface area (Å²) in [5.41, 5.74) is 19.7. The lowest BCUT2D eigenvalue weighted by atomic mass is 9.89. The average Bonchev–Trinajstić information content (AvgIpc) is 0.744. The molecule has 0 atom stereocenters. The third kappa shape index (κ3) is 10.3. The highest BCUT2D eigenvalue weighted by molar-refractivity contribution is 6.28. The standard InChI is InChI=1S/C88H58F2N2/c89-81-55-77(69-35-19-31-65(51-69)59-23-7-1-8-24-59)79(71-37-21-33-67(53-71)61-27-11-3-12-28-61)57-85(81)91(73-39-15-5-16-40-73)83-49-45-63-44-48-76-84(50-46-64-43-47-75(83)87(63)88(64)76)92(74-41-17-6-18-42-74)86-58-80(72-38-22-34-68(54-72)62-29-13-4-14-30-62)78(56-82(86)90)70-36-20-32-66(52-70)60-25-9-2-10-26-60/h1-58H. The number of hydrogen-bond acceptors (Lipinski definition) is 2. The fourth-order valence-electron chi connectivity index (χ4n) is 13.5. The molecule has 434 valence electrons. The lowest BCUT2D eigenvalue weighted by Gasteiger charge is -2.30. The zero-order valence-corrected chi connectivity index (χ0v) is 50.1. The average molecular weight is 1180 g/mol. The number of anilines is 6. The van der Waals surface area contributed by atoms with Gasteiger partial charge in [0.2, 0.25) is 0 Å². The molecule has 0 spiro atoms. The van der Waals surface area contributed by atoms with Crippen LogP contribution < -0.4 is 9.80 Å². The molecule has 4 heteroatoms. The van der Waals surface area contributed by atoms with Crippen LogP contribution in [0.5, 0.6) is 0 Å². The molecule has 0 amide bonds. The molecule has 0 saturated carbocycles. The molecule has 0 aliphatic carbocycles. The Morgan fingerprint density at radius 3 is 0.739 bits per heavy atom. The van der Waals surface area contributed by atoms with Gasteiger partial charge in [0.15, 0.2) is 0 Å². The minimum atomic E-state index is -0.369. The molecular weight excluding hydrogens is 1120 g/mol. The van der Waals surface area contributed by atoms with Crippen LogP contribution in [0.2, 0.25) is 0 Å². The normalized spacial score (nSPS) is 11.4. The number of nitrogens with zero attached hydrogens (tertiary/aromatic N) is 2. The highest BCUT2D eigenvalue weighted by Gasteiger charge is 2.27. The molecule has 0 heterocycles. The van der Waals surface area contributed by atoms with E-state index in [0.29, 0.717) is 11.4 Å². The van der Waals surface area contributed by atoms with E-state index in [9.17, 15) is 0 Å². The molecule has 2 nitrogen and oxygen atoms in total. The fourth-order valence-corrected chi connectivity index (χ4v) is 13.5. The van der Waals surface area contributed by atoms with Crippen LogP contribution in [-0.4, -0.2) is 0 Å². The van der Waals surface area contributed by atoms with Crippen molar-refractivity contribution >= 4 is 66.4 Å². The van der Waals surface area contributed by atoms with Crippen LogP contribution in [0.15, 0.2) is 352 Å². The zero-order valence-electron chi connectivity index (χ0n) is 50.1. The summed E-state index contributed by atoms with van der Waals surface area (Å²) in [6.45, 7) is 0. The minimum Gasteiger partial charge on any atom is -0.307 e. The Morgan fingerprint density at radius 1 is 0.185 bits per heavy atom. The molecule has 0 radical (unpaired) electrons. The molecule has 0 N–H and O–H groups in total. The summed E-state index contributed by atoms with van der Waals surface area (Å²) >= 11 is 0. The van der Waals surface area contributed by atoms with Crippen LogP contribution in [-0.2, 0) is 0 Å². The van der Waals surface area contributed by atoms with Crippen molar-refractivity contribution in [3.05, 3.63) is 363 Å². The maximum atomic E-state index is 18.3. The minimum absolute atomic E-state index is 0.369.